The van der Waals surface area contributed by atoms with Crippen LogP contribution < -0.4 is 10.6 Å². The Labute approximate surface area is 391 Å². The number of imidazole rings is 2. The lowest BCUT2D eigenvalue weighted by atomic mass is 9.85. The number of carbonyl (C=O) groups excluding carboxylic acids is 4. The highest BCUT2D eigenvalue weighted by Gasteiger charge is 2.64. The molecule has 12 atom stereocenters. The summed E-state index contributed by atoms with van der Waals surface area (Å²) in [4.78, 5) is 74.9. The Hall–Kier alpha value is -5.74. The van der Waals surface area contributed by atoms with E-state index in [-0.39, 0.29) is 77.6 Å². The molecule has 356 valence electrons. The fourth-order valence-electron chi connectivity index (χ4n) is 12.2. The molecular formula is C51H64N8O8. The number of amides is 4. The molecule has 4 amide bonds. The number of alkyl carbamates (subject to hydrolysis) is 2. The van der Waals surface area contributed by atoms with E-state index in [0.29, 0.717) is 31.6 Å². The van der Waals surface area contributed by atoms with Gasteiger partial charge >= 0.3 is 12.2 Å². The molecule has 6 fully saturated rings. The third-order valence-electron chi connectivity index (χ3n) is 15.7. The number of nitrogens with one attached hydrogen (secondary N) is 4. The molecule has 2 aliphatic carbocycles. The smallest absolute Gasteiger partial charge is 0.407 e. The van der Waals surface area contributed by atoms with Gasteiger partial charge in [0.1, 0.15) is 23.7 Å². The lowest BCUT2D eigenvalue weighted by Gasteiger charge is -2.38. The fraction of sp³-hybridized carbons (Fsp3) is 0.569. The number of likely N-dealkylation sites (tertiary alicyclic amines) is 2. The van der Waals surface area contributed by atoms with Crippen molar-refractivity contribution in [2.24, 2.45) is 23.2 Å². The van der Waals surface area contributed by atoms with Gasteiger partial charge in [-0.3, -0.25) is 9.59 Å². The van der Waals surface area contributed by atoms with Crippen molar-refractivity contribution in [2.75, 3.05) is 14.2 Å². The van der Waals surface area contributed by atoms with Crippen LogP contribution in [0.25, 0.3) is 33.6 Å². The molecule has 67 heavy (non-hydrogen) atoms. The number of rotatable bonds is 11. The van der Waals surface area contributed by atoms with Gasteiger partial charge in [-0.15, -0.1) is 0 Å². The highest BCUT2D eigenvalue weighted by Crippen LogP contribution is 2.63. The molecule has 16 nitrogen and oxygen atoms in total. The Balaban J connectivity index is 0.814. The van der Waals surface area contributed by atoms with Crippen molar-refractivity contribution in [1.29, 1.82) is 0 Å². The Morgan fingerprint density at radius 3 is 1.52 bits per heavy atom. The van der Waals surface area contributed by atoms with Gasteiger partial charge in [0.05, 0.1) is 74.5 Å². The van der Waals surface area contributed by atoms with Gasteiger partial charge in [0, 0.05) is 12.1 Å². The number of H-pyrrole nitrogens is 2. The lowest BCUT2D eigenvalue weighted by molar-refractivity contribution is -0.140. The summed E-state index contributed by atoms with van der Waals surface area (Å²) in [6.45, 7) is 10.3. The van der Waals surface area contributed by atoms with Gasteiger partial charge in [-0.05, 0) is 124 Å². The van der Waals surface area contributed by atoms with Crippen molar-refractivity contribution in [2.45, 2.75) is 147 Å². The summed E-state index contributed by atoms with van der Waals surface area (Å²) < 4.78 is 21.9. The number of benzene rings is 2. The average Bonchev–Trinajstić information content (AvgIpc) is 3.80. The number of hydrogen-bond acceptors (Lipinski definition) is 10. The van der Waals surface area contributed by atoms with Gasteiger partial charge in [-0.2, -0.15) is 0 Å². The largest absolute Gasteiger partial charge is 0.453 e. The van der Waals surface area contributed by atoms with E-state index < -0.39 is 24.3 Å². The van der Waals surface area contributed by atoms with Crippen molar-refractivity contribution in [3.8, 4) is 33.6 Å². The van der Waals surface area contributed by atoms with Crippen LogP contribution in [0.2, 0.25) is 0 Å². The van der Waals surface area contributed by atoms with Crippen molar-refractivity contribution < 1.29 is 38.1 Å². The molecule has 0 spiro atoms. The van der Waals surface area contributed by atoms with Crippen LogP contribution in [-0.2, 0) is 28.5 Å². The summed E-state index contributed by atoms with van der Waals surface area (Å²) >= 11 is 0. The molecule has 4 saturated heterocycles. The maximum Gasteiger partial charge on any atom is 0.407 e. The second-order valence-electron chi connectivity index (χ2n) is 20.6. The van der Waals surface area contributed by atoms with Gasteiger partial charge in [0.2, 0.25) is 11.8 Å². The van der Waals surface area contributed by atoms with Crippen molar-refractivity contribution >= 4 is 24.0 Å². The Bertz CT molecular complexity index is 2470. The number of fused-ring (bicyclic) bond motifs is 2. The van der Waals surface area contributed by atoms with Gasteiger partial charge in [-0.1, -0.05) is 55.5 Å². The third kappa shape index (κ3) is 8.82. The number of nitrogens with zero attached hydrogens (tertiary/aromatic N) is 4. The molecule has 4 aromatic rings. The Kier molecular flexibility index (Phi) is 11.9. The molecule has 0 unspecified atom stereocenters. The second-order valence-corrected chi connectivity index (χ2v) is 20.6. The number of aromatic amines is 2. The van der Waals surface area contributed by atoms with Crippen LogP contribution in [0.4, 0.5) is 9.59 Å². The van der Waals surface area contributed by atoms with Crippen LogP contribution in [0.15, 0.2) is 60.9 Å². The number of carbonyl (C=O) groups is 4. The average molecular weight is 917 g/mol. The van der Waals surface area contributed by atoms with Crippen LogP contribution in [0.3, 0.4) is 0 Å². The summed E-state index contributed by atoms with van der Waals surface area (Å²) in [5.74, 6) is 1.59. The SMILES string of the molecule is COC(=O)N[C@H](C(=O)N1[C@@H]2C[C@@H]2C[C@H]1c1ncc(-c2ccc(-c3ccc(-c4cnc([C@@H]5C[C@@]6(C)C[C@H]6N5C(=O)[C@@H](NC(=O)OC)C5C[C@@H](C)O[C@H](C)C5)[nH]4)cc3)cc2)[nH]1)C1C[C@@H](C)O[C@H](C)C1. The first-order valence-corrected chi connectivity index (χ1v) is 24.2. The zero-order chi connectivity index (χ0) is 46.9. The minimum atomic E-state index is -0.724. The first-order chi connectivity index (χ1) is 32.2. The van der Waals surface area contributed by atoms with E-state index in [9.17, 15) is 19.2 Å². The summed E-state index contributed by atoms with van der Waals surface area (Å²) in [5, 5.41) is 5.80. The van der Waals surface area contributed by atoms with Crippen molar-refractivity contribution in [1.82, 2.24) is 40.4 Å². The van der Waals surface area contributed by atoms with Gasteiger partial charge in [0.25, 0.3) is 0 Å². The normalized spacial score (nSPS) is 32.7. The zero-order valence-corrected chi connectivity index (χ0v) is 39.5. The molecule has 6 heterocycles. The van der Waals surface area contributed by atoms with Gasteiger partial charge < -0.3 is 49.3 Å². The van der Waals surface area contributed by atoms with Gasteiger partial charge in [-0.25, -0.2) is 19.6 Å². The van der Waals surface area contributed by atoms with E-state index >= 15 is 0 Å². The molecule has 6 aliphatic rings. The Morgan fingerprint density at radius 2 is 1.06 bits per heavy atom. The van der Waals surface area contributed by atoms with E-state index in [1.54, 1.807) is 0 Å². The van der Waals surface area contributed by atoms with E-state index in [1.165, 1.54) is 14.2 Å². The molecular weight excluding hydrogens is 853 g/mol. The van der Waals surface area contributed by atoms with Crippen LogP contribution in [0, 0.1) is 23.2 Å². The number of ether oxygens (including phenoxy) is 4. The highest BCUT2D eigenvalue weighted by molar-refractivity contribution is 5.88. The van der Waals surface area contributed by atoms with Crippen molar-refractivity contribution in [3.63, 3.8) is 0 Å². The quantitative estimate of drug-likeness (QED) is 0.116. The minimum Gasteiger partial charge on any atom is -0.453 e. The summed E-state index contributed by atoms with van der Waals surface area (Å²) in [6.07, 6.45) is 8.60. The molecule has 2 aromatic carbocycles. The summed E-state index contributed by atoms with van der Waals surface area (Å²) in [7, 11) is 2.65. The van der Waals surface area contributed by atoms with Crippen LogP contribution in [-0.4, -0.2) is 117 Å². The maximum absolute atomic E-state index is 14.6. The molecule has 16 heteroatoms. The van der Waals surface area contributed by atoms with Crippen LogP contribution in [0.5, 0.6) is 0 Å². The number of methoxy groups -OCH3 is 2. The first-order valence-electron chi connectivity index (χ1n) is 24.2. The van der Waals surface area contributed by atoms with E-state index in [4.69, 9.17) is 28.9 Å². The maximum atomic E-state index is 14.6. The number of hydrogen-bond donors (Lipinski definition) is 4. The van der Waals surface area contributed by atoms with Crippen molar-refractivity contribution in [3.05, 3.63) is 72.6 Å². The van der Waals surface area contributed by atoms with E-state index in [0.717, 1.165) is 71.0 Å². The summed E-state index contributed by atoms with van der Waals surface area (Å²) in [6, 6.07) is 15.0. The monoisotopic (exact) mass is 916 g/mol. The Morgan fingerprint density at radius 1 is 0.627 bits per heavy atom. The molecule has 2 saturated carbocycles. The molecule has 0 radical (unpaired) electrons. The third-order valence-corrected chi connectivity index (χ3v) is 15.7. The van der Waals surface area contributed by atoms with Crippen LogP contribution in [0.1, 0.15) is 110 Å². The lowest BCUT2D eigenvalue weighted by Crippen LogP contribution is -2.55. The topological polar surface area (TPSA) is 193 Å². The van der Waals surface area contributed by atoms with Gasteiger partial charge in [0.15, 0.2) is 0 Å². The second kappa shape index (κ2) is 17.7. The molecule has 4 aliphatic heterocycles. The van der Waals surface area contributed by atoms with E-state index in [2.05, 4.69) is 76.1 Å². The highest BCUT2D eigenvalue weighted by atomic mass is 16.5. The van der Waals surface area contributed by atoms with Crippen LogP contribution >= 0.6 is 0 Å². The number of piperidine rings is 2. The standard InChI is InChI=1S/C51H64N8O8/c1-26-16-35(17-27(2)66-26)43(56-49(62)64-6)47(60)58-39-20-34(39)21-40(58)45-52-24-37(54-45)32-12-8-30(9-13-32)31-10-14-33(15-11-31)38-25-53-46(55-38)41-22-51(5)23-42(51)59(41)48(61)44(57-50(63)65-7)36-18-28(3)67-29(4)19-36/h8-15,24-29,34-36,39-44H,16-23H2,1-7H3,(H,52,54)(H,53,55)(H,56,62)(H,57,63)/t26-,27-,28-,29-,34-,39-,40+,41+,42-,43+,44+,51+/m1/s1. The summed E-state index contributed by atoms with van der Waals surface area (Å²) in [5.41, 5.74) is 5.82. The first kappa shape index (κ1) is 45.1. The predicted molar refractivity (Wildman–Crippen MR) is 248 cm³/mol. The molecule has 10 rings (SSSR count). The van der Waals surface area contributed by atoms with E-state index in [1.807, 2.05) is 49.9 Å². The minimum absolute atomic E-state index is 0.00655. The molecule has 2 aromatic heterocycles. The molecule has 0 bridgehead atoms. The fourth-order valence-corrected chi connectivity index (χ4v) is 12.2. The molecule has 4 N–H and O–H groups in total. The predicted octanol–water partition coefficient (Wildman–Crippen LogP) is 7.70. The number of aromatic nitrogens is 4. The zero-order valence-electron chi connectivity index (χ0n) is 39.5.